The summed E-state index contributed by atoms with van der Waals surface area (Å²) in [5.74, 6) is 3.04. The van der Waals surface area contributed by atoms with E-state index in [9.17, 15) is 0 Å². The molecule has 0 saturated carbocycles. The zero-order chi connectivity index (χ0) is 23.9. The van der Waals surface area contributed by atoms with Crippen LogP contribution in [0, 0.1) is 13.8 Å². The molecule has 0 unspecified atom stereocenters. The molecule has 0 N–H and O–H groups in total. The van der Waals surface area contributed by atoms with Crippen LogP contribution in [0.15, 0.2) is 91.1 Å². The Bertz CT molecular complexity index is 1700. The quantitative estimate of drug-likeness (QED) is 0.284. The first-order valence-electron chi connectivity index (χ1n) is 11.5. The molecule has 0 spiro atoms. The highest BCUT2D eigenvalue weighted by Gasteiger charge is 2.15. The van der Waals surface area contributed by atoms with Crippen LogP contribution < -0.4 is 9.47 Å². The molecule has 6 rings (SSSR count). The second-order valence-corrected chi connectivity index (χ2v) is 8.52. The highest BCUT2D eigenvalue weighted by molar-refractivity contribution is 6.09. The van der Waals surface area contributed by atoms with Crippen LogP contribution in [-0.4, -0.2) is 26.4 Å². The van der Waals surface area contributed by atoms with Gasteiger partial charge in [-0.2, -0.15) is 5.10 Å². The molecule has 0 radical (unpaired) electrons. The average molecular weight is 461 g/mol. The molecule has 0 aliphatic carbocycles. The van der Waals surface area contributed by atoms with Crippen molar-refractivity contribution < 1.29 is 9.47 Å². The molecule has 6 heteroatoms. The fourth-order valence-corrected chi connectivity index (χ4v) is 4.61. The summed E-state index contributed by atoms with van der Waals surface area (Å²) >= 11 is 0. The van der Waals surface area contributed by atoms with Gasteiger partial charge in [0, 0.05) is 40.9 Å². The van der Waals surface area contributed by atoms with E-state index in [1.54, 1.807) is 13.3 Å². The molecule has 0 bridgehead atoms. The first-order chi connectivity index (χ1) is 17.1. The van der Waals surface area contributed by atoms with E-state index in [1.165, 1.54) is 0 Å². The molecule has 0 amide bonds. The summed E-state index contributed by atoms with van der Waals surface area (Å²) in [5.41, 5.74) is 5.12. The van der Waals surface area contributed by atoms with E-state index < -0.39 is 0 Å². The Morgan fingerprint density at radius 2 is 1.54 bits per heavy atom. The van der Waals surface area contributed by atoms with Crippen molar-refractivity contribution in [2.24, 2.45) is 0 Å². The van der Waals surface area contributed by atoms with Crippen LogP contribution in [0.2, 0.25) is 0 Å². The summed E-state index contributed by atoms with van der Waals surface area (Å²) < 4.78 is 15.9. The lowest BCUT2D eigenvalue weighted by Crippen LogP contribution is -1.99. The smallest absolute Gasteiger partial charge is 0.141 e. The van der Waals surface area contributed by atoms with Crippen molar-refractivity contribution in [1.82, 2.24) is 19.3 Å². The van der Waals surface area contributed by atoms with Gasteiger partial charge in [-0.3, -0.25) is 4.57 Å². The Morgan fingerprint density at radius 1 is 0.714 bits per heavy atom. The maximum atomic E-state index is 6.33. The van der Waals surface area contributed by atoms with E-state index in [0.717, 1.165) is 61.9 Å². The third kappa shape index (κ3) is 3.69. The molecule has 0 aliphatic heterocycles. The number of methoxy groups -OCH3 is 1. The van der Waals surface area contributed by atoms with Crippen molar-refractivity contribution in [2.45, 2.75) is 13.8 Å². The van der Waals surface area contributed by atoms with Gasteiger partial charge in [0.1, 0.15) is 23.1 Å². The maximum absolute atomic E-state index is 6.33. The lowest BCUT2D eigenvalue weighted by atomic mass is 10.1. The third-order valence-corrected chi connectivity index (χ3v) is 6.13. The second kappa shape index (κ2) is 8.33. The first-order valence-corrected chi connectivity index (χ1v) is 11.5. The van der Waals surface area contributed by atoms with Gasteiger partial charge in [0.15, 0.2) is 0 Å². The molecule has 172 valence electrons. The number of hydrogen-bond donors (Lipinski definition) is 0. The van der Waals surface area contributed by atoms with Crippen molar-refractivity contribution in [3.63, 3.8) is 0 Å². The monoisotopic (exact) mass is 460 g/mol. The predicted molar refractivity (Wildman–Crippen MR) is 138 cm³/mol. The number of nitrogens with zero attached hydrogens (tertiary/aromatic N) is 4. The van der Waals surface area contributed by atoms with Crippen molar-refractivity contribution in [3.8, 4) is 28.8 Å². The molecule has 35 heavy (non-hydrogen) atoms. The summed E-state index contributed by atoms with van der Waals surface area (Å²) in [7, 11) is 1.66. The Hall–Kier alpha value is -4.58. The number of rotatable bonds is 5. The Labute approximate surface area is 203 Å². The van der Waals surface area contributed by atoms with E-state index in [2.05, 4.69) is 51.0 Å². The molecule has 6 nitrogen and oxygen atoms in total. The molecule has 6 aromatic rings. The zero-order valence-electron chi connectivity index (χ0n) is 19.8. The molecule has 3 heterocycles. The number of fused-ring (bicyclic) bond motifs is 3. The number of benzene rings is 3. The Balaban J connectivity index is 1.46. The first kappa shape index (κ1) is 21.0. The van der Waals surface area contributed by atoms with E-state index in [1.807, 2.05) is 67.1 Å². The summed E-state index contributed by atoms with van der Waals surface area (Å²) in [6.07, 6.45) is 1.76. The van der Waals surface area contributed by atoms with Gasteiger partial charge in [0.25, 0.3) is 0 Å². The largest absolute Gasteiger partial charge is 0.497 e. The topological polar surface area (TPSA) is 54.1 Å². The fourth-order valence-electron chi connectivity index (χ4n) is 4.61. The maximum Gasteiger partial charge on any atom is 0.141 e. The molecule has 0 aliphatic rings. The minimum atomic E-state index is 0.745. The van der Waals surface area contributed by atoms with Gasteiger partial charge in [-0.25, -0.2) is 9.67 Å². The molecule has 3 aromatic carbocycles. The van der Waals surface area contributed by atoms with Gasteiger partial charge >= 0.3 is 0 Å². The number of pyridine rings is 1. The summed E-state index contributed by atoms with van der Waals surface area (Å²) in [4.78, 5) is 4.63. The third-order valence-electron chi connectivity index (χ3n) is 6.13. The van der Waals surface area contributed by atoms with Crippen LogP contribution in [0.3, 0.4) is 0 Å². The Kier molecular flexibility index (Phi) is 4.99. The van der Waals surface area contributed by atoms with Crippen molar-refractivity contribution in [1.29, 1.82) is 0 Å². The summed E-state index contributed by atoms with van der Waals surface area (Å²) in [6.45, 7) is 4.04. The zero-order valence-corrected chi connectivity index (χ0v) is 19.8. The van der Waals surface area contributed by atoms with Gasteiger partial charge in [0.2, 0.25) is 0 Å². The van der Waals surface area contributed by atoms with E-state index in [4.69, 9.17) is 9.47 Å². The van der Waals surface area contributed by atoms with Crippen LogP contribution in [0.4, 0.5) is 0 Å². The van der Waals surface area contributed by atoms with Crippen LogP contribution in [-0.2, 0) is 0 Å². The van der Waals surface area contributed by atoms with Crippen LogP contribution >= 0.6 is 0 Å². The highest BCUT2D eigenvalue weighted by atomic mass is 16.5. The van der Waals surface area contributed by atoms with Gasteiger partial charge in [-0.1, -0.05) is 24.3 Å². The number of para-hydroxylation sites is 1. The molecular weight excluding hydrogens is 436 g/mol. The molecule has 3 aromatic heterocycles. The number of ether oxygens (including phenoxy) is 2. The minimum absolute atomic E-state index is 0.745. The highest BCUT2D eigenvalue weighted by Crippen LogP contribution is 2.35. The van der Waals surface area contributed by atoms with E-state index >= 15 is 0 Å². The summed E-state index contributed by atoms with van der Waals surface area (Å²) in [6, 6.07) is 28.3. The van der Waals surface area contributed by atoms with Gasteiger partial charge in [-0.05, 0) is 56.3 Å². The second-order valence-electron chi connectivity index (χ2n) is 8.52. The Morgan fingerprint density at radius 3 is 2.37 bits per heavy atom. The fraction of sp³-hybridized carbons (Fsp3) is 0.103. The van der Waals surface area contributed by atoms with Crippen molar-refractivity contribution in [2.75, 3.05) is 7.11 Å². The molecule has 0 fully saturated rings. The van der Waals surface area contributed by atoms with Crippen molar-refractivity contribution >= 4 is 21.8 Å². The molecular formula is C29H24N4O2. The van der Waals surface area contributed by atoms with E-state index in [0.29, 0.717) is 0 Å². The van der Waals surface area contributed by atoms with Gasteiger partial charge in [-0.15, -0.1) is 0 Å². The molecule has 0 saturated heterocycles. The normalized spacial score (nSPS) is 11.3. The SMILES string of the molecule is COc1ccnc(-n2c3ccccc3c3ccc(Oc4cccc(-n5nc(C)cc5C)c4)cc32)c1. The number of aryl methyl sites for hydroxylation is 2. The van der Waals surface area contributed by atoms with Gasteiger partial charge in [0.05, 0.1) is 29.5 Å². The van der Waals surface area contributed by atoms with Crippen molar-refractivity contribution in [3.05, 3.63) is 103 Å². The van der Waals surface area contributed by atoms with E-state index in [-0.39, 0.29) is 0 Å². The summed E-state index contributed by atoms with van der Waals surface area (Å²) in [5, 5.41) is 6.88. The predicted octanol–water partition coefficient (Wildman–Crippen LogP) is 6.78. The average Bonchev–Trinajstić information content (AvgIpc) is 3.39. The van der Waals surface area contributed by atoms with Gasteiger partial charge < -0.3 is 9.47 Å². The van der Waals surface area contributed by atoms with Crippen LogP contribution in [0.5, 0.6) is 17.2 Å². The minimum Gasteiger partial charge on any atom is -0.497 e. The number of aromatic nitrogens is 4. The molecule has 0 atom stereocenters. The van der Waals surface area contributed by atoms with Crippen LogP contribution in [0.25, 0.3) is 33.3 Å². The lowest BCUT2D eigenvalue weighted by Gasteiger charge is -2.11. The van der Waals surface area contributed by atoms with Crippen LogP contribution in [0.1, 0.15) is 11.4 Å². The number of hydrogen-bond acceptors (Lipinski definition) is 4. The lowest BCUT2D eigenvalue weighted by molar-refractivity contribution is 0.414. The standard InChI is InChI=1S/C29H24N4O2/c1-19-15-20(2)33(31-19)21-7-6-8-23(16-21)35-24-11-12-26-25-9-4-5-10-27(25)32(28(26)17-24)29-18-22(34-3)13-14-30-29/h4-18H,1-3H3.